The SMILES string of the molecule is CC(C)(C)NC(=O)[C@H](Cc1ccccc1)N(Cc1ccccc1)C(=O)Cc1c(Cl)cccc1Cl. The van der Waals surface area contributed by atoms with E-state index in [1.54, 1.807) is 23.1 Å². The van der Waals surface area contributed by atoms with Crippen LogP contribution in [-0.2, 0) is 29.0 Å². The first-order chi connectivity index (χ1) is 16.1. The largest absolute Gasteiger partial charge is 0.350 e. The van der Waals surface area contributed by atoms with Crippen LogP contribution in [0.25, 0.3) is 0 Å². The first kappa shape index (κ1) is 25.8. The molecule has 0 bridgehead atoms. The monoisotopic (exact) mass is 496 g/mol. The first-order valence-electron chi connectivity index (χ1n) is 11.3. The van der Waals surface area contributed by atoms with Gasteiger partial charge in [-0.3, -0.25) is 9.59 Å². The lowest BCUT2D eigenvalue weighted by molar-refractivity contribution is -0.141. The fraction of sp³-hybridized carbons (Fsp3) is 0.286. The van der Waals surface area contributed by atoms with E-state index in [0.717, 1.165) is 11.1 Å². The molecule has 6 heteroatoms. The topological polar surface area (TPSA) is 49.4 Å². The summed E-state index contributed by atoms with van der Waals surface area (Å²) in [5.41, 5.74) is 2.02. The maximum atomic E-state index is 13.8. The van der Waals surface area contributed by atoms with E-state index in [0.29, 0.717) is 22.0 Å². The van der Waals surface area contributed by atoms with Gasteiger partial charge in [-0.15, -0.1) is 0 Å². The van der Waals surface area contributed by atoms with Gasteiger partial charge in [-0.25, -0.2) is 0 Å². The molecule has 0 aliphatic carbocycles. The Kier molecular flexibility index (Phi) is 8.76. The van der Waals surface area contributed by atoms with Gasteiger partial charge in [0.1, 0.15) is 6.04 Å². The number of nitrogens with one attached hydrogen (secondary N) is 1. The highest BCUT2D eigenvalue weighted by Gasteiger charge is 2.32. The van der Waals surface area contributed by atoms with Crippen LogP contribution in [0.4, 0.5) is 0 Å². The summed E-state index contributed by atoms with van der Waals surface area (Å²) >= 11 is 12.7. The number of carbonyl (C=O) groups excluding carboxylic acids is 2. The van der Waals surface area contributed by atoms with E-state index in [1.807, 2.05) is 81.4 Å². The zero-order chi connectivity index (χ0) is 24.7. The highest BCUT2D eigenvalue weighted by molar-refractivity contribution is 6.36. The molecule has 0 saturated heterocycles. The van der Waals surface area contributed by atoms with E-state index in [4.69, 9.17) is 23.2 Å². The van der Waals surface area contributed by atoms with Crippen molar-refractivity contribution in [2.45, 2.75) is 51.7 Å². The number of halogens is 2. The maximum Gasteiger partial charge on any atom is 0.243 e. The summed E-state index contributed by atoms with van der Waals surface area (Å²) in [5.74, 6) is -0.422. The minimum absolute atomic E-state index is 0.000568. The molecule has 178 valence electrons. The van der Waals surface area contributed by atoms with Crippen LogP contribution in [0.1, 0.15) is 37.5 Å². The molecule has 1 atom stereocenters. The highest BCUT2D eigenvalue weighted by Crippen LogP contribution is 2.26. The summed E-state index contributed by atoms with van der Waals surface area (Å²) in [6.45, 7) is 6.07. The third-order valence-corrected chi connectivity index (χ3v) is 6.06. The Morgan fingerprint density at radius 3 is 1.88 bits per heavy atom. The molecule has 0 aliphatic heterocycles. The van der Waals surface area contributed by atoms with Gasteiger partial charge in [0.2, 0.25) is 11.8 Å². The van der Waals surface area contributed by atoms with Crippen molar-refractivity contribution in [3.8, 4) is 0 Å². The molecule has 1 N–H and O–H groups in total. The smallest absolute Gasteiger partial charge is 0.243 e. The van der Waals surface area contributed by atoms with Gasteiger partial charge < -0.3 is 10.2 Å². The summed E-state index contributed by atoms with van der Waals surface area (Å²) in [5, 5.41) is 3.92. The van der Waals surface area contributed by atoms with Crippen molar-refractivity contribution in [3.05, 3.63) is 106 Å². The van der Waals surface area contributed by atoms with Crippen molar-refractivity contribution in [1.82, 2.24) is 10.2 Å². The molecule has 0 fully saturated rings. The minimum Gasteiger partial charge on any atom is -0.350 e. The fourth-order valence-corrected chi connectivity index (χ4v) is 4.27. The summed E-state index contributed by atoms with van der Waals surface area (Å²) in [6, 6.07) is 23.8. The van der Waals surface area contributed by atoms with Crippen molar-refractivity contribution < 1.29 is 9.59 Å². The van der Waals surface area contributed by atoms with Crippen LogP contribution in [0.5, 0.6) is 0 Å². The van der Waals surface area contributed by atoms with Crippen LogP contribution >= 0.6 is 23.2 Å². The molecule has 0 aromatic heterocycles. The van der Waals surface area contributed by atoms with Gasteiger partial charge in [-0.1, -0.05) is 89.9 Å². The van der Waals surface area contributed by atoms with Crippen LogP contribution in [0.3, 0.4) is 0 Å². The average molecular weight is 497 g/mol. The van der Waals surface area contributed by atoms with Gasteiger partial charge in [0.15, 0.2) is 0 Å². The van der Waals surface area contributed by atoms with Crippen molar-refractivity contribution in [3.63, 3.8) is 0 Å². The zero-order valence-corrected chi connectivity index (χ0v) is 21.2. The summed E-state index contributed by atoms with van der Waals surface area (Å²) < 4.78 is 0. The summed E-state index contributed by atoms with van der Waals surface area (Å²) in [7, 11) is 0. The molecule has 3 aromatic carbocycles. The quantitative estimate of drug-likeness (QED) is 0.410. The molecular formula is C28H30Cl2N2O2. The molecule has 0 radical (unpaired) electrons. The molecular weight excluding hydrogens is 467 g/mol. The van der Waals surface area contributed by atoms with Gasteiger partial charge in [0.25, 0.3) is 0 Å². The van der Waals surface area contributed by atoms with E-state index >= 15 is 0 Å². The van der Waals surface area contributed by atoms with Gasteiger partial charge in [0.05, 0.1) is 6.42 Å². The zero-order valence-electron chi connectivity index (χ0n) is 19.7. The first-order valence-corrected chi connectivity index (χ1v) is 12.0. The fourth-order valence-electron chi connectivity index (χ4n) is 3.74. The van der Waals surface area contributed by atoms with Crippen LogP contribution in [0, 0.1) is 0 Å². The molecule has 3 rings (SSSR count). The van der Waals surface area contributed by atoms with Gasteiger partial charge in [-0.2, -0.15) is 0 Å². The van der Waals surface area contributed by atoms with E-state index in [-0.39, 0.29) is 24.8 Å². The van der Waals surface area contributed by atoms with Crippen LogP contribution in [0.15, 0.2) is 78.9 Å². The molecule has 2 amide bonds. The number of hydrogen-bond donors (Lipinski definition) is 1. The van der Waals surface area contributed by atoms with E-state index in [9.17, 15) is 9.59 Å². The van der Waals surface area contributed by atoms with E-state index < -0.39 is 11.6 Å². The third kappa shape index (κ3) is 7.34. The van der Waals surface area contributed by atoms with Crippen LogP contribution < -0.4 is 5.32 Å². The van der Waals surface area contributed by atoms with Gasteiger partial charge in [-0.05, 0) is 49.6 Å². The Bertz CT molecular complexity index is 1090. The number of hydrogen-bond acceptors (Lipinski definition) is 2. The van der Waals surface area contributed by atoms with Gasteiger partial charge in [0, 0.05) is 28.5 Å². The predicted octanol–water partition coefficient (Wildman–Crippen LogP) is 6.09. The highest BCUT2D eigenvalue weighted by atomic mass is 35.5. The molecule has 0 unspecified atom stereocenters. The van der Waals surface area contributed by atoms with Gasteiger partial charge >= 0.3 is 0 Å². The van der Waals surface area contributed by atoms with E-state index in [2.05, 4.69) is 5.32 Å². The third-order valence-electron chi connectivity index (χ3n) is 5.35. The van der Waals surface area contributed by atoms with Crippen LogP contribution in [0.2, 0.25) is 10.0 Å². The molecule has 0 aliphatic rings. The Hall–Kier alpha value is -2.82. The number of nitrogens with zero attached hydrogens (tertiary/aromatic N) is 1. The summed E-state index contributed by atoms with van der Waals surface area (Å²) in [6.07, 6.45) is 0.386. The number of amides is 2. The minimum atomic E-state index is -0.712. The Morgan fingerprint density at radius 2 is 1.35 bits per heavy atom. The number of rotatable bonds is 8. The Balaban J connectivity index is 2.01. The Morgan fingerprint density at radius 1 is 0.824 bits per heavy atom. The molecule has 0 heterocycles. The maximum absolute atomic E-state index is 13.8. The predicted molar refractivity (Wildman–Crippen MR) is 139 cm³/mol. The standard InChI is InChI=1S/C28H30Cl2N2O2/c1-28(2,3)31-27(34)25(17-20-11-6-4-7-12-20)32(19-21-13-8-5-9-14-21)26(33)18-22-23(29)15-10-16-24(22)30/h4-16,25H,17-19H2,1-3H3,(H,31,34)/t25-/m0/s1. The lowest BCUT2D eigenvalue weighted by atomic mass is 10.00. The second-order valence-corrected chi connectivity index (χ2v) is 10.1. The van der Waals surface area contributed by atoms with Crippen molar-refractivity contribution in [2.24, 2.45) is 0 Å². The molecule has 0 spiro atoms. The Labute approximate surface area is 211 Å². The van der Waals surface area contributed by atoms with Crippen molar-refractivity contribution in [1.29, 1.82) is 0 Å². The van der Waals surface area contributed by atoms with E-state index in [1.165, 1.54) is 0 Å². The number of carbonyl (C=O) groups is 2. The molecule has 3 aromatic rings. The van der Waals surface area contributed by atoms with Crippen molar-refractivity contribution in [2.75, 3.05) is 0 Å². The molecule has 0 saturated carbocycles. The number of benzene rings is 3. The summed E-state index contributed by atoms with van der Waals surface area (Å²) in [4.78, 5) is 28.9. The normalized spacial score (nSPS) is 12.1. The second-order valence-electron chi connectivity index (χ2n) is 9.33. The lowest BCUT2D eigenvalue weighted by Crippen LogP contribution is -2.54. The van der Waals surface area contributed by atoms with Crippen molar-refractivity contribution >= 4 is 35.0 Å². The average Bonchev–Trinajstić information content (AvgIpc) is 2.79. The lowest BCUT2D eigenvalue weighted by Gasteiger charge is -2.34. The van der Waals surface area contributed by atoms with Crippen LogP contribution in [-0.4, -0.2) is 28.3 Å². The molecule has 34 heavy (non-hydrogen) atoms. The molecule has 4 nitrogen and oxygen atoms in total. The second kappa shape index (κ2) is 11.5.